The zero-order valence-electron chi connectivity index (χ0n) is 11.4. The van der Waals surface area contributed by atoms with Crippen molar-refractivity contribution < 1.29 is 28.2 Å². The van der Waals surface area contributed by atoms with Crippen LogP contribution in [0.25, 0.3) is 0 Å². The Morgan fingerprint density at radius 3 is 2.71 bits per heavy atom. The minimum Gasteiger partial charge on any atom is -0.479 e. The Morgan fingerprint density at radius 2 is 2.10 bits per heavy atom. The molecule has 2 rings (SSSR count). The summed E-state index contributed by atoms with van der Waals surface area (Å²) in [7, 11) is 0. The first-order valence-corrected chi connectivity index (χ1v) is 6.46. The minimum absolute atomic E-state index is 0.0763. The Labute approximate surface area is 120 Å². The maximum absolute atomic E-state index is 13.5. The number of ether oxygens (including phenoxy) is 1. The van der Waals surface area contributed by atoms with E-state index in [1.807, 2.05) is 0 Å². The summed E-state index contributed by atoms with van der Waals surface area (Å²) < 4.78 is 31.5. The number of hydrogen-bond acceptors (Lipinski definition) is 3. The van der Waals surface area contributed by atoms with Crippen LogP contribution >= 0.6 is 0 Å². The normalized spacial score (nSPS) is 22.1. The Balaban J connectivity index is 2.07. The van der Waals surface area contributed by atoms with E-state index >= 15 is 0 Å². The van der Waals surface area contributed by atoms with Gasteiger partial charge in [-0.25, -0.2) is 13.6 Å². The van der Waals surface area contributed by atoms with Gasteiger partial charge in [0.2, 0.25) is 5.91 Å². The Kier molecular flexibility index (Phi) is 4.52. The molecule has 1 aromatic rings. The lowest BCUT2D eigenvalue weighted by atomic mass is 10.1. The number of morpholine rings is 1. The first kappa shape index (κ1) is 15.4. The number of carboxylic acid groups (broad SMARTS) is 1. The topological polar surface area (TPSA) is 66.8 Å². The molecular formula is C14H15F2NO4. The quantitative estimate of drug-likeness (QED) is 0.911. The van der Waals surface area contributed by atoms with E-state index in [9.17, 15) is 18.4 Å². The second kappa shape index (κ2) is 6.17. The summed E-state index contributed by atoms with van der Waals surface area (Å²) in [5.74, 6) is -3.07. The van der Waals surface area contributed by atoms with Crippen LogP contribution in [-0.2, 0) is 20.7 Å². The molecule has 1 amide bonds. The van der Waals surface area contributed by atoms with Gasteiger partial charge in [0.15, 0.2) is 6.10 Å². The number of rotatable bonds is 3. The average Bonchev–Trinajstić information content (AvgIpc) is 2.41. The number of benzene rings is 1. The van der Waals surface area contributed by atoms with Crippen molar-refractivity contribution in [2.45, 2.75) is 25.6 Å². The van der Waals surface area contributed by atoms with Crippen molar-refractivity contribution in [3.8, 4) is 0 Å². The number of carboxylic acids is 1. The van der Waals surface area contributed by atoms with Crippen LogP contribution in [0.1, 0.15) is 12.5 Å². The standard InChI is InChI=1S/C14H15F2NO4/c1-8-6-17(7-12(21-8)14(19)20)13(18)4-9-2-3-10(15)5-11(9)16/h2-3,5,8,12H,4,6-7H2,1H3,(H,19,20)/t8-,12?/m1/s1. The van der Waals surface area contributed by atoms with Crippen molar-refractivity contribution in [2.24, 2.45) is 0 Å². The van der Waals surface area contributed by atoms with E-state index in [0.717, 1.165) is 6.07 Å². The number of carbonyl (C=O) groups excluding carboxylic acids is 1. The first-order chi connectivity index (χ1) is 9.86. The molecule has 1 N–H and O–H groups in total. The van der Waals surface area contributed by atoms with E-state index < -0.39 is 35.7 Å². The second-order valence-electron chi connectivity index (χ2n) is 4.98. The molecule has 2 atom stereocenters. The molecule has 0 radical (unpaired) electrons. The zero-order chi connectivity index (χ0) is 15.6. The SMILES string of the molecule is C[C@@H]1CN(C(=O)Cc2ccc(F)cc2F)CC(C(=O)O)O1. The summed E-state index contributed by atoms with van der Waals surface area (Å²) in [6, 6.07) is 3.00. The van der Waals surface area contributed by atoms with E-state index in [4.69, 9.17) is 9.84 Å². The third kappa shape index (κ3) is 3.75. The smallest absolute Gasteiger partial charge is 0.334 e. The molecule has 1 fully saturated rings. The number of halogens is 2. The van der Waals surface area contributed by atoms with Crippen LogP contribution in [0.2, 0.25) is 0 Å². The highest BCUT2D eigenvalue weighted by atomic mass is 19.1. The van der Waals surface area contributed by atoms with Crippen molar-refractivity contribution >= 4 is 11.9 Å². The largest absolute Gasteiger partial charge is 0.479 e. The van der Waals surface area contributed by atoms with Crippen LogP contribution in [0.5, 0.6) is 0 Å². The molecule has 1 unspecified atom stereocenters. The predicted octanol–water partition coefficient (Wildman–Crippen LogP) is 1.21. The first-order valence-electron chi connectivity index (χ1n) is 6.46. The lowest BCUT2D eigenvalue weighted by molar-refractivity contribution is -0.166. The second-order valence-corrected chi connectivity index (χ2v) is 4.98. The van der Waals surface area contributed by atoms with Gasteiger partial charge in [-0.1, -0.05) is 6.07 Å². The highest BCUT2D eigenvalue weighted by molar-refractivity contribution is 5.80. The number of hydrogen-bond donors (Lipinski definition) is 1. The highest BCUT2D eigenvalue weighted by Gasteiger charge is 2.32. The third-order valence-corrected chi connectivity index (χ3v) is 3.25. The Morgan fingerprint density at radius 1 is 1.38 bits per heavy atom. The monoisotopic (exact) mass is 299 g/mol. The van der Waals surface area contributed by atoms with Gasteiger partial charge in [0.25, 0.3) is 0 Å². The van der Waals surface area contributed by atoms with Gasteiger partial charge < -0.3 is 14.7 Å². The maximum atomic E-state index is 13.5. The van der Waals surface area contributed by atoms with Gasteiger partial charge in [-0.05, 0) is 18.6 Å². The van der Waals surface area contributed by atoms with E-state index in [0.29, 0.717) is 6.07 Å². The maximum Gasteiger partial charge on any atom is 0.334 e. The molecule has 114 valence electrons. The minimum atomic E-state index is -1.15. The molecular weight excluding hydrogens is 284 g/mol. The summed E-state index contributed by atoms with van der Waals surface area (Å²) in [6.45, 7) is 1.82. The molecule has 5 nitrogen and oxygen atoms in total. The van der Waals surface area contributed by atoms with Gasteiger partial charge in [0, 0.05) is 12.6 Å². The van der Waals surface area contributed by atoms with Gasteiger partial charge in [-0.2, -0.15) is 0 Å². The number of nitrogens with zero attached hydrogens (tertiary/aromatic N) is 1. The Bertz CT molecular complexity index is 564. The fourth-order valence-electron chi connectivity index (χ4n) is 2.23. The zero-order valence-corrected chi connectivity index (χ0v) is 11.4. The molecule has 0 bridgehead atoms. The summed E-state index contributed by atoms with van der Waals surface area (Å²) in [4.78, 5) is 24.4. The van der Waals surface area contributed by atoms with Crippen LogP contribution in [-0.4, -0.2) is 47.2 Å². The van der Waals surface area contributed by atoms with Crippen molar-refractivity contribution in [1.82, 2.24) is 4.90 Å². The van der Waals surface area contributed by atoms with Crippen LogP contribution in [0.15, 0.2) is 18.2 Å². The molecule has 0 aliphatic carbocycles. The lowest BCUT2D eigenvalue weighted by Crippen LogP contribution is -2.52. The van der Waals surface area contributed by atoms with Crippen LogP contribution in [0.3, 0.4) is 0 Å². The van der Waals surface area contributed by atoms with Crippen molar-refractivity contribution in [1.29, 1.82) is 0 Å². The molecule has 1 aliphatic heterocycles. The van der Waals surface area contributed by atoms with Gasteiger partial charge in [0.05, 0.1) is 19.1 Å². The predicted molar refractivity (Wildman–Crippen MR) is 68.6 cm³/mol. The number of amides is 1. The summed E-state index contributed by atoms with van der Waals surface area (Å²) in [6.07, 6.45) is -1.75. The van der Waals surface area contributed by atoms with Crippen molar-refractivity contribution in [2.75, 3.05) is 13.1 Å². The molecule has 1 aromatic carbocycles. The van der Waals surface area contributed by atoms with E-state index in [1.165, 1.54) is 11.0 Å². The number of aliphatic carboxylic acids is 1. The van der Waals surface area contributed by atoms with Gasteiger partial charge in [0.1, 0.15) is 11.6 Å². The molecule has 1 heterocycles. The third-order valence-electron chi connectivity index (χ3n) is 3.25. The highest BCUT2D eigenvalue weighted by Crippen LogP contribution is 2.15. The molecule has 21 heavy (non-hydrogen) atoms. The molecule has 0 saturated carbocycles. The fraction of sp³-hybridized carbons (Fsp3) is 0.429. The van der Waals surface area contributed by atoms with Crippen molar-refractivity contribution in [3.05, 3.63) is 35.4 Å². The van der Waals surface area contributed by atoms with Gasteiger partial charge >= 0.3 is 5.97 Å². The average molecular weight is 299 g/mol. The number of carbonyl (C=O) groups is 2. The van der Waals surface area contributed by atoms with Crippen LogP contribution in [0, 0.1) is 11.6 Å². The lowest BCUT2D eigenvalue weighted by Gasteiger charge is -2.35. The van der Waals surface area contributed by atoms with Gasteiger partial charge in [-0.3, -0.25) is 4.79 Å². The molecule has 1 aliphatic rings. The van der Waals surface area contributed by atoms with Gasteiger partial charge in [-0.15, -0.1) is 0 Å². The Hall–Kier alpha value is -2.02. The summed E-state index contributed by atoms with van der Waals surface area (Å²) in [5, 5.41) is 8.96. The van der Waals surface area contributed by atoms with E-state index in [1.54, 1.807) is 6.92 Å². The molecule has 0 spiro atoms. The van der Waals surface area contributed by atoms with Crippen molar-refractivity contribution in [3.63, 3.8) is 0 Å². The summed E-state index contributed by atoms with van der Waals surface area (Å²) >= 11 is 0. The molecule has 1 saturated heterocycles. The fourth-order valence-corrected chi connectivity index (χ4v) is 2.23. The van der Waals surface area contributed by atoms with E-state index in [2.05, 4.69) is 0 Å². The summed E-state index contributed by atoms with van der Waals surface area (Å²) in [5.41, 5.74) is 0.0763. The molecule has 0 aromatic heterocycles. The van der Waals surface area contributed by atoms with Crippen LogP contribution in [0.4, 0.5) is 8.78 Å². The van der Waals surface area contributed by atoms with E-state index in [-0.39, 0.29) is 25.1 Å². The van der Waals surface area contributed by atoms with Crippen LogP contribution < -0.4 is 0 Å². The molecule has 7 heteroatoms.